The van der Waals surface area contributed by atoms with Crippen molar-refractivity contribution < 1.29 is 23.8 Å². The largest absolute Gasteiger partial charge is 0.455 e. The third-order valence-corrected chi connectivity index (χ3v) is 6.72. The number of rotatable bonds is 5. The third-order valence-electron chi connectivity index (χ3n) is 6.72. The van der Waals surface area contributed by atoms with Gasteiger partial charge < -0.3 is 24.4 Å². The molecule has 0 saturated carbocycles. The van der Waals surface area contributed by atoms with E-state index in [9.17, 15) is 9.59 Å². The Morgan fingerprint density at radius 1 is 1.41 bits per heavy atom. The maximum atomic E-state index is 12.0. The number of amides is 1. The Morgan fingerprint density at radius 3 is 3.00 bits per heavy atom. The van der Waals surface area contributed by atoms with Crippen LogP contribution in [-0.2, 0) is 19.0 Å². The minimum Gasteiger partial charge on any atom is -0.455 e. The minimum absolute atomic E-state index is 0.0369. The molecule has 3 saturated heterocycles. The first kappa shape index (κ1) is 20.4. The second-order valence-electron chi connectivity index (χ2n) is 8.84. The lowest BCUT2D eigenvalue weighted by Gasteiger charge is -2.20. The lowest BCUT2D eigenvalue weighted by molar-refractivity contribution is -0.140. The molecule has 4 aliphatic rings. The minimum atomic E-state index is -0.374. The number of carbonyl (C=O) groups is 2. The molecule has 0 aromatic heterocycles. The van der Waals surface area contributed by atoms with E-state index >= 15 is 0 Å². The zero-order valence-corrected chi connectivity index (χ0v) is 17.3. The molecule has 4 atom stereocenters. The number of carbonyl (C=O) groups excluding carboxylic acids is 2. The predicted octanol–water partition coefficient (Wildman–Crippen LogP) is 2.56. The van der Waals surface area contributed by atoms with Gasteiger partial charge in [-0.15, -0.1) is 0 Å². The van der Waals surface area contributed by atoms with Gasteiger partial charge in [0.2, 0.25) is 0 Å². The van der Waals surface area contributed by atoms with Crippen molar-refractivity contribution in [3.8, 4) is 0 Å². The van der Waals surface area contributed by atoms with Crippen LogP contribution in [-0.4, -0.2) is 67.6 Å². The van der Waals surface area contributed by atoms with Gasteiger partial charge in [0.1, 0.15) is 18.8 Å². The van der Waals surface area contributed by atoms with E-state index in [-0.39, 0.29) is 42.4 Å². The van der Waals surface area contributed by atoms with Crippen molar-refractivity contribution in [1.29, 1.82) is 0 Å². The number of fused-ring (bicyclic) bond motifs is 3. The summed E-state index contributed by atoms with van der Waals surface area (Å²) in [4.78, 5) is 26.4. The zero-order chi connectivity index (χ0) is 20.4. The number of allylic oxidation sites excluding steroid dienone is 1. The van der Waals surface area contributed by atoms with Crippen molar-refractivity contribution in [3.63, 3.8) is 0 Å². The molecule has 0 aromatic rings. The molecule has 7 nitrogen and oxygen atoms in total. The maximum Gasteiger partial charge on any atom is 0.407 e. The normalized spacial score (nSPS) is 34.7. The first-order chi connectivity index (χ1) is 14.0. The molecule has 1 N–H and O–H groups in total. The Labute approximate surface area is 172 Å². The van der Waals surface area contributed by atoms with Gasteiger partial charge in [-0.2, -0.15) is 0 Å². The molecular formula is C22H32N2O5. The van der Waals surface area contributed by atoms with E-state index in [2.05, 4.69) is 29.8 Å². The predicted molar refractivity (Wildman–Crippen MR) is 107 cm³/mol. The number of hydrogen-bond acceptors (Lipinski definition) is 6. The Bertz CT molecular complexity index is 699. The Morgan fingerprint density at radius 2 is 2.21 bits per heavy atom. The Kier molecular flexibility index (Phi) is 5.97. The van der Waals surface area contributed by atoms with Gasteiger partial charge in [-0.1, -0.05) is 12.7 Å². The molecular weight excluding hydrogens is 372 g/mol. The van der Waals surface area contributed by atoms with Crippen molar-refractivity contribution in [2.75, 3.05) is 32.8 Å². The molecule has 3 heterocycles. The standard InChI is InChI=1S/C22H32N2O5/c1-15-17-8-7-16(14-27-21(26)23-10-13-24-11-3-4-12-24)6-5-9-22(2)19(29-22)18(17)28-20(15)25/h6,17-19H,1,3-5,7-14H2,2H3,(H,23,26)/t17-,18-,19-,22+/m0/s1. The van der Waals surface area contributed by atoms with Crippen LogP contribution in [0.25, 0.3) is 0 Å². The summed E-state index contributed by atoms with van der Waals surface area (Å²) in [6.45, 7) is 10.0. The van der Waals surface area contributed by atoms with Crippen LogP contribution in [0.1, 0.15) is 45.4 Å². The number of hydrogen-bond donors (Lipinski definition) is 1. The molecule has 1 aliphatic carbocycles. The van der Waals surface area contributed by atoms with E-state index in [4.69, 9.17) is 14.2 Å². The fourth-order valence-corrected chi connectivity index (χ4v) is 4.78. The molecule has 3 fully saturated rings. The van der Waals surface area contributed by atoms with Gasteiger partial charge in [-0.3, -0.25) is 0 Å². The van der Waals surface area contributed by atoms with Crippen molar-refractivity contribution in [3.05, 3.63) is 23.8 Å². The first-order valence-corrected chi connectivity index (χ1v) is 10.8. The summed E-state index contributed by atoms with van der Waals surface area (Å²) in [5.74, 6) is -0.346. The highest BCUT2D eigenvalue weighted by Crippen LogP contribution is 2.49. The number of likely N-dealkylation sites (tertiary alicyclic amines) is 1. The molecule has 0 bridgehead atoms. The molecule has 7 heteroatoms. The fourth-order valence-electron chi connectivity index (χ4n) is 4.78. The van der Waals surface area contributed by atoms with Crippen molar-refractivity contribution in [1.82, 2.24) is 10.2 Å². The van der Waals surface area contributed by atoms with Gasteiger partial charge >= 0.3 is 12.1 Å². The zero-order valence-electron chi connectivity index (χ0n) is 17.3. The summed E-state index contributed by atoms with van der Waals surface area (Å²) < 4.78 is 16.9. The third kappa shape index (κ3) is 4.67. The van der Waals surface area contributed by atoms with Crippen LogP contribution >= 0.6 is 0 Å². The number of alkyl carbamates (subject to hydrolysis) is 1. The van der Waals surface area contributed by atoms with Gasteiger partial charge in [0.05, 0.1) is 5.60 Å². The van der Waals surface area contributed by atoms with Gasteiger partial charge in [0, 0.05) is 24.6 Å². The topological polar surface area (TPSA) is 80.4 Å². The van der Waals surface area contributed by atoms with Crippen LogP contribution in [0.15, 0.2) is 23.8 Å². The molecule has 0 radical (unpaired) electrons. The van der Waals surface area contributed by atoms with Crippen LogP contribution in [0, 0.1) is 5.92 Å². The first-order valence-electron chi connectivity index (χ1n) is 10.8. The lowest BCUT2D eigenvalue weighted by atomic mass is 9.84. The fraction of sp³-hybridized carbons (Fsp3) is 0.727. The number of ether oxygens (including phenoxy) is 3. The van der Waals surface area contributed by atoms with E-state index in [1.54, 1.807) is 0 Å². The van der Waals surface area contributed by atoms with E-state index in [1.807, 2.05) is 0 Å². The highest BCUT2D eigenvalue weighted by molar-refractivity contribution is 5.91. The summed E-state index contributed by atoms with van der Waals surface area (Å²) in [5, 5.41) is 2.84. The van der Waals surface area contributed by atoms with Gasteiger partial charge in [-0.05, 0) is 64.1 Å². The second kappa shape index (κ2) is 8.48. The van der Waals surface area contributed by atoms with E-state index in [0.717, 1.165) is 50.9 Å². The van der Waals surface area contributed by atoms with Crippen LogP contribution < -0.4 is 5.32 Å². The average molecular weight is 405 g/mol. The van der Waals surface area contributed by atoms with E-state index in [1.165, 1.54) is 12.8 Å². The van der Waals surface area contributed by atoms with Crippen molar-refractivity contribution >= 4 is 12.1 Å². The highest BCUT2D eigenvalue weighted by atomic mass is 16.6. The summed E-state index contributed by atoms with van der Waals surface area (Å²) >= 11 is 0. The number of epoxide rings is 1. The molecule has 29 heavy (non-hydrogen) atoms. The molecule has 0 spiro atoms. The lowest BCUT2D eigenvalue weighted by Crippen LogP contribution is -2.34. The summed E-state index contributed by atoms with van der Waals surface area (Å²) in [6, 6.07) is 0. The average Bonchev–Trinajstić information content (AvgIpc) is 3.01. The Balaban J connectivity index is 1.28. The molecule has 0 unspecified atom stereocenters. The molecule has 0 aromatic carbocycles. The van der Waals surface area contributed by atoms with Crippen molar-refractivity contribution in [2.24, 2.45) is 5.92 Å². The molecule has 1 amide bonds. The molecule has 160 valence electrons. The molecule has 3 aliphatic heterocycles. The van der Waals surface area contributed by atoms with Gasteiger partial charge in [0.25, 0.3) is 0 Å². The second-order valence-corrected chi connectivity index (χ2v) is 8.84. The monoisotopic (exact) mass is 404 g/mol. The van der Waals surface area contributed by atoms with Crippen LogP contribution in [0.3, 0.4) is 0 Å². The van der Waals surface area contributed by atoms with Crippen LogP contribution in [0.2, 0.25) is 0 Å². The van der Waals surface area contributed by atoms with Gasteiger partial charge in [0.15, 0.2) is 0 Å². The Hall–Kier alpha value is -1.86. The smallest absolute Gasteiger partial charge is 0.407 e. The van der Waals surface area contributed by atoms with Crippen LogP contribution in [0.5, 0.6) is 0 Å². The van der Waals surface area contributed by atoms with Gasteiger partial charge in [-0.25, -0.2) is 9.59 Å². The maximum absolute atomic E-state index is 12.0. The number of nitrogens with one attached hydrogen (secondary N) is 1. The molecule has 4 rings (SSSR count). The number of nitrogens with zero attached hydrogens (tertiary/aromatic N) is 1. The van der Waals surface area contributed by atoms with Crippen LogP contribution in [0.4, 0.5) is 4.79 Å². The SMILES string of the molecule is C=C1C(=O)O[C@H]2[C@H]1CCC(COC(=O)NCCN1CCCC1)=CCC[C@@]1(C)O[C@@H]21. The quantitative estimate of drug-likeness (QED) is 0.328. The van der Waals surface area contributed by atoms with E-state index < -0.39 is 0 Å². The van der Waals surface area contributed by atoms with E-state index in [0.29, 0.717) is 12.1 Å². The van der Waals surface area contributed by atoms with Crippen molar-refractivity contribution in [2.45, 2.75) is 63.3 Å². The summed E-state index contributed by atoms with van der Waals surface area (Å²) in [6.07, 6.45) is 7.20. The number of esters is 1. The summed E-state index contributed by atoms with van der Waals surface area (Å²) in [5.41, 5.74) is 1.36. The highest BCUT2D eigenvalue weighted by Gasteiger charge is 2.61. The summed E-state index contributed by atoms with van der Waals surface area (Å²) in [7, 11) is 0.